The molecule has 0 aromatic carbocycles. The van der Waals surface area contributed by atoms with E-state index in [0.717, 1.165) is 64.2 Å². The number of rotatable bonds is 43. The Labute approximate surface area is 388 Å². The number of allylic oxidation sites excluding steroid dienone is 5. The normalized spacial score (nSPS) is 21.0. The number of unbranched alkanes of at least 4 members (excludes halogenated alkanes) is 26. The van der Waals surface area contributed by atoms with Gasteiger partial charge in [0.15, 0.2) is 6.29 Å². The molecule has 64 heavy (non-hydrogen) atoms. The van der Waals surface area contributed by atoms with Crippen LogP contribution in [0.2, 0.25) is 0 Å². The fourth-order valence-corrected chi connectivity index (χ4v) is 8.45. The van der Waals surface area contributed by atoms with E-state index in [9.17, 15) is 43.3 Å². The van der Waals surface area contributed by atoms with Crippen molar-refractivity contribution < 1.29 is 57.0 Å². The van der Waals surface area contributed by atoms with Crippen LogP contribution in [0.25, 0.3) is 0 Å². The second-order valence-electron chi connectivity index (χ2n) is 17.9. The van der Waals surface area contributed by atoms with Crippen molar-refractivity contribution in [1.82, 2.24) is 5.32 Å². The zero-order valence-corrected chi connectivity index (χ0v) is 40.8. The Morgan fingerprint density at radius 1 is 0.625 bits per heavy atom. The minimum absolute atomic E-state index is 0.230. The maximum atomic E-state index is 13.1. The van der Waals surface area contributed by atoms with Crippen LogP contribution in [0, 0.1) is 0 Å². The largest absolute Gasteiger partial charge is 0.397 e. The summed E-state index contributed by atoms with van der Waals surface area (Å²) in [5, 5.41) is 55.3. The molecule has 0 bridgehead atoms. The van der Waals surface area contributed by atoms with E-state index in [-0.39, 0.29) is 6.42 Å². The van der Waals surface area contributed by atoms with Crippen molar-refractivity contribution in [2.24, 2.45) is 0 Å². The highest BCUT2D eigenvalue weighted by Gasteiger charge is 2.48. The Hall–Kier alpha value is -1.72. The van der Waals surface area contributed by atoms with Gasteiger partial charge in [-0.2, -0.15) is 8.42 Å². The lowest BCUT2D eigenvalue weighted by Gasteiger charge is -2.41. The molecule has 14 heteroatoms. The first-order valence-electron chi connectivity index (χ1n) is 25.5. The number of hydrogen-bond donors (Lipinski definition) is 7. The van der Waals surface area contributed by atoms with Crippen LogP contribution < -0.4 is 5.32 Å². The lowest BCUT2D eigenvalue weighted by Crippen LogP contribution is -2.61. The van der Waals surface area contributed by atoms with Gasteiger partial charge in [0.2, 0.25) is 5.91 Å². The first-order valence-corrected chi connectivity index (χ1v) is 26.8. The van der Waals surface area contributed by atoms with Crippen LogP contribution in [0.5, 0.6) is 0 Å². The fourth-order valence-electron chi connectivity index (χ4n) is 7.94. The third kappa shape index (κ3) is 32.1. The number of amides is 1. The molecule has 1 aliphatic heterocycles. The third-order valence-electron chi connectivity index (χ3n) is 12.0. The number of nitrogens with one attached hydrogen (secondary N) is 1. The summed E-state index contributed by atoms with van der Waals surface area (Å²) in [6, 6.07) is -1.14. The first kappa shape index (κ1) is 60.3. The van der Waals surface area contributed by atoms with Gasteiger partial charge in [-0.05, 0) is 57.8 Å². The minimum Gasteiger partial charge on any atom is -0.394 e. The molecule has 0 saturated carbocycles. The average molecular weight is 932 g/mol. The molecule has 1 rings (SSSR count). The molecular formula is C50H93NO12S. The highest BCUT2D eigenvalue weighted by molar-refractivity contribution is 7.80. The van der Waals surface area contributed by atoms with Crippen LogP contribution in [0.1, 0.15) is 213 Å². The smallest absolute Gasteiger partial charge is 0.394 e. The number of aliphatic hydroxyl groups excluding tert-OH is 5. The van der Waals surface area contributed by atoms with E-state index in [1.165, 1.54) is 122 Å². The SMILES string of the molecule is CCCCCCCCCC/C=C\CCCCCCCCC(O)C(=O)NC(COC1OC(CO)C(O)C(OS(=O)(=O)O)C1O)C(O)/C=C/CC/C=C/CCCCCCCCCCCCC. The summed E-state index contributed by atoms with van der Waals surface area (Å²) in [7, 11) is -5.12. The van der Waals surface area contributed by atoms with Crippen LogP contribution in [0.15, 0.2) is 36.5 Å². The standard InChI is InChI=1S/C50H93NO12S/c1-3-5-7-9-11-13-15-17-19-21-23-25-27-29-31-33-35-37-39-44(54)49(57)51-42(41-61-50-47(56)48(63-64(58,59)60)46(55)45(40-52)62-50)43(53)38-36-34-32-30-28-26-24-22-20-18-16-14-12-10-8-6-4-2/h21,23,28,30,36,38,42-48,50,52-56H,3-20,22,24-27,29,31-35,37,39-41H2,1-2H3,(H,51,57)(H,58,59,60)/b23-21-,30-28+,38-36+. The number of ether oxygens (including phenoxy) is 2. The number of carbonyl (C=O) groups excluding carboxylic acids is 1. The quantitative estimate of drug-likeness (QED) is 0.0173. The van der Waals surface area contributed by atoms with Gasteiger partial charge in [-0.3, -0.25) is 9.35 Å². The van der Waals surface area contributed by atoms with E-state index < -0.39 is 78.5 Å². The molecule has 7 N–H and O–H groups in total. The van der Waals surface area contributed by atoms with E-state index in [1.54, 1.807) is 6.08 Å². The van der Waals surface area contributed by atoms with Gasteiger partial charge in [-0.25, -0.2) is 4.18 Å². The summed E-state index contributed by atoms with van der Waals surface area (Å²) in [5.41, 5.74) is 0. The summed E-state index contributed by atoms with van der Waals surface area (Å²) in [6.07, 6.45) is 36.5. The fraction of sp³-hybridized carbons (Fsp3) is 0.860. The molecule has 0 aromatic heterocycles. The topological polar surface area (TPSA) is 212 Å². The molecule has 0 radical (unpaired) electrons. The molecule has 1 amide bonds. The van der Waals surface area contributed by atoms with E-state index in [0.29, 0.717) is 12.8 Å². The summed E-state index contributed by atoms with van der Waals surface area (Å²) in [6.45, 7) is 3.21. The molecule has 1 aliphatic rings. The second kappa shape index (κ2) is 40.4. The molecule has 8 unspecified atom stereocenters. The van der Waals surface area contributed by atoms with Gasteiger partial charge >= 0.3 is 10.4 Å². The van der Waals surface area contributed by atoms with Crippen LogP contribution >= 0.6 is 0 Å². The van der Waals surface area contributed by atoms with Gasteiger partial charge in [-0.1, -0.05) is 192 Å². The zero-order chi connectivity index (χ0) is 47.1. The van der Waals surface area contributed by atoms with Crippen molar-refractivity contribution in [3.63, 3.8) is 0 Å². The van der Waals surface area contributed by atoms with Crippen molar-refractivity contribution >= 4 is 16.3 Å². The van der Waals surface area contributed by atoms with Crippen molar-refractivity contribution in [3.8, 4) is 0 Å². The molecule has 0 spiro atoms. The molecule has 8 atom stereocenters. The minimum atomic E-state index is -5.12. The van der Waals surface area contributed by atoms with Gasteiger partial charge < -0.3 is 40.3 Å². The number of aliphatic hydroxyl groups is 5. The van der Waals surface area contributed by atoms with Crippen molar-refractivity contribution in [1.29, 1.82) is 0 Å². The van der Waals surface area contributed by atoms with Gasteiger partial charge in [0.25, 0.3) is 0 Å². The monoisotopic (exact) mass is 932 g/mol. The first-order chi connectivity index (χ1) is 30.9. The Balaban J connectivity index is 2.56. The summed E-state index contributed by atoms with van der Waals surface area (Å²) >= 11 is 0. The lowest BCUT2D eigenvalue weighted by molar-refractivity contribution is -0.298. The van der Waals surface area contributed by atoms with E-state index in [2.05, 4.69) is 47.7 Å². The Bertz CT molecular complexity index is 1300. The number of carbonyl (C=O) groups is 1. The average Bonchev–Trinajstić information content (AvgIpc) is 3.27. The summed E-state index contributed by atoms with van der Waals surface area (Å²) < 4.78 is 47.6. The van der Waals surface area contributed by atoms with Crippen LogP contribution in [-0.4, -0.2) is 107 Å². The predicted octanol–water partition coefficient (Wildman–Crippen LogP) is 9.64. The van der Waals surface area contributed by atoms with Crippen molar-refractivity contribution in [2.45, 2.75) is 262 Å². The molecule has 0 aromatic rings. The van der Waals surface area contributed by atoms with E-state index in [1.807, 2.05) is 0 Å². The van der Waals surface area contributed by atoms with Gasteiger partial charge in [-0.15, -0.1) is 0 Å². The van der Waals surface area contributed by atoms with Gasteiger partial charge in [0.05, 0.1) is 25.4 Å². The Morgan fingerprint density at radius 3 is 1.50 bits per heavy atom. The molecule has 0 aliphatic carbocycles. The molecule has 376 valence electrons. The van der Waals surface area contributed by atoms with Gasteiger partial charge in [0.1, 0.15) is 30.5 Å². The highest BCUT2D eigenvalue weighted by Crippen LogP contribution is 2.26. The second-order valence-corrected chi connectivity index (χ2v) is 18.9. The van der Waals surface area contributed by atoms with Crippen LogP contribution in [0.4, 0.5) is 0 Å². The Morgan fingerprint density at radius 2 is 1.05 bits per heavy atom. The van der Waals surface area contributed by atoms with E-state index >= 15 is 0 Å². The van der Waals surface area contributed by atoms with Gasteiger partial charge in [0, 0.05) is 0 Å². The Kier molecular flexibility index (Phi) is 38.0. The van der Waals surface area contributed by atoms with Crippen LogP contribution in [-0.2, 0) is 28.9 Å². The maximum Gasteiger partial charge on any atom is 0.397 e. The van der Waals surface area contributed by atoms with Crippen molar-refractivity contribution in [2.75, 3.05) is 13.2 Å². The molecule has 13 nitrogen and oxygen atoms in total. The molecule has 1 saturated heterocycles. The summed E-state index contributed by atoms with van der Waals surface area (Å²) in [5.74, 6) is -0.716. The van der Waals surface area contributed by atoms with E-state index in [4.69, 9.17) is 9.47 Å². The molecule has 1 fully saturated rings. The third-order valence-corrected chi connectivity index (χ3v) is 12.5. The highest BCUT2D eigenvalue weighted by atomic mass is 32.3. The number of hydrogen-bond acceptors (Lipinski definition) is 11. The maximum absolute atomic E-state index is 13.1. The lowest BCUT2D eigenvalue weighted by atomic mass is 9.99. The summed E-state index contributed by atoms with van der Waals surface area (Å²) in [4.78, 5) is 13.1. The predicted molar refractivity (Wildman–Crippen MR) is 256 cm³/mol. The zero-order valence-electron chi connectivity index (χ0n) is 40.0. The van der Waals surface area contributed by atoms with Crippen molar-refractivity contribution in [3.05, 3.63) is 36.5 Å². The molecular weight excluding hydrogens is 839 g/mol. The van der Waals surface area contributed by atoms with Crippen LogP contribution in [0.3, 0.4) is 0 Å². The molecule has 1 heterocycles.